The zero-order chi connectivity index (χ0) is 15.6. The molecule has 0 aromatic carbocycles. The summed E-state index contributed by atoms with van der Waals surface area (Å²) in [6.07, 6.45) is 5.61. The topological polar surface area (TPSA) is 25.8 Å². The van der Waals surface area contributed by atoms with Crippen molar-refractivity contribution in [2.24, 2.45) is 0 Å². The molecule has 0 aliphatic carbocycles. The van der Waals surface area contributed by atoms with Crippen molar-refractivity contribution < 1.29 is 4.39 Å². The highest BCUT2D eigenvalue weighted by atomic mass is 35.5. The van der Waals surface area contributed by atoms with E-state index in [0.29, 0.717) is 22.6 Å². The normalized spacial score (nSPS) is 12.7. The Kier molecular flexibility index (Phi) is 4.94. The standard InChI is InChI=1S/C17H20ClFN2/c1-10(2)15-9-20-7-14(17(15)19)5-11(3)13-6-16(18)12(4)21-8-13/h6-11H,5H2,1-4H3. The second-order valence-electron chi connectivity index (χ2n) is 5.80. The maximum absolute atomic E-state index is 14.5. The maximum Gasteiger partial charge on any atom is 0.132 e. The van der Waals surface area contributed by atoms with E-state index in [4.69, 9.17) is 11.6 Å². The third-order valence-corrected chi connectivity index (χ3v) is 4.13. The minimum absolute atomic E-state index is 0.128. The lowest BCUT2D eigenvalue weighted by molar-refractivity contribution is 0.568. The Balaban J connectivity index is 2.25. The zero-order valence-corrected chi connectivity index (χ0v) is 13.6. The van der Waals surface area contributed by atoms with Crippen molar-refractivity contribution in [1.82, 2.24) is 9.97 Å². The molecule has 2 aromatic rings. The van der Waals surface area contributed by atoms with E-state index in [1.54, 1.807) is 12.4 Å². The molecule has 0 aliphatic heterocycles. The van der Waals surface area contributed by atoms with Crippen molar-refractivity contribution in [2.45, 2.75) is 46.0 Å². The van der Waals surface area contributed by atoms with Crippen LogP contribution in [-0.4, -0.2) is 9.97 Å². The van der Waals surface area contributed by atoms with Gasteiger partial charge < -0.3 is 0 Å². The highest BCUT2D eigenvalue weighted by Crippen LogP contribution is 2.27. The maximum atomic E-state index is 14.5. The lowest BCUT2D eigenvalue weighted by Gasteiger charge is -2.15. The SMILES string of the molecule is Cc1ncc(C(C)Cc2cncc(C(C)C)c2F)cc1Cl. The van der Waals surface area contributed by atoms with E-state index in [0.717, 1.165) is 11.3 Å². The fraction of sp³-hybridized carbons (Fsp3) is 0.412. The Morgan fingerprint density at radius 1 is 1.19 bits per heavy atom. The smallest absolute Gasteiger partial charge is 0.132 e. The molecule has 2 heterocycles. The molecule has 1 unspecified atom stereocenters. The number of hydrogen-bond donors (Lipinski definition) is 0. The second kappa shape index (κ2) is 6.52. The number of rotatable bonds is 4. The number of aromatic nitrogens is 2. The van der Waals surface area contributed by atoms with Gasteiger partial charge in [0.25, 0.3) is 0 Å². The van der Waals surface area contributed by atoms with Crippen LogP contribution in [0.3, 0.4) is 0 Å². The van der Waals surface area contributed by atoms with Gasteiger partial charge in [0.05, 0.1) is 10.7 Å². The first kappa shape index (κ1) is 15.9. The molecule has 0 spiro atoms. The number of nitrogens with zero attached hydrogens (tertiary/aromatic N) is 2. The van der Waals surface area contributed by atoms with Crippen molar-refractivity contribution in [1.29, 1.82) is 0 Å². The van der Waals surface area contributed by atoms with Gasteiger partial charge in [-0.05, 0) is 36.8 Å². The molecule has 0 saturated heterocycles. The predicted molar refractivity (Wildman–Crippen MR) is 84.4 cm³/mol. The summed E-state index contributed by atoms with van der Waals surface area (Å²) in [5.41, 5.74) is 3.13. The Hall–Kier alpha value is -1.48. The number of hydrogen-bond acceptors (Lipinski definition) is 2. The zero-order valence-electron chi connectivity index (χ0n) is 12.8. The van der Waals surface area contributed by atoms with Gasteiger partial charge in [-0.15, -0.1) is 0 Å². The highest BCUT2D eigenvalue weighted by Gasteiger charge is 2.16. The Bertz CT molecular complexity index is 641. The van der Waals surface area contributed by atoms with Crippen molar-refractivity contribution >= 4 is 11.6 Å². The van der Waals surface area contributed by atoms with Gasteiger partial charge in [0, 0.05) is 29.7 Å². The van der Waals surface area contributed by atoms with Crippen LogP contribution in [0.1, 0.15) is 55.0 Å². The van der Waals surface area contributed by atoms with Crippen LogP contribution in [0.2, 0.25) is 5.02 Å². The van der Waals surface area contributed by atoms with E-state index in [-0.39, 0.29) is 17.7 Å². The molecule has 112 valence electrons. The first-order chi connectivity index (χ1) is 9.90. The predicted octanol–water partition coefficient (Wildman–Crippen LogP) is 5.05. The van der Waals surface area contributed by atoms with Crippen LogP contribution in [-0.2, 0) is 6.42 Å². The average molecular weight is 307 g/mol. The molecule has 0 radical (unpaired) electrons. The van der Waals surface area contributed by atoms with Crippen LogP contribution in [0.5, 0.6) is 0 Å². The summed E-state index contributed by atoms with van der Waals surface area (Å²) in [4.78, 5) is 8.43. The lowest BCUT2D eigenvalue weighted by atomic mass is 9.93. The number of halogens is 2. The van der Waals surface area contributed by atoms with Gasteiger partial charge in [0.2, 0.25) is 0 Å². The van der Waals surface area contributed by atoms with Crippen molar-refractivity contribution in [3.05, 3.63) is 57.9 Å². The molecule has 2 rings (SSSR count). The van der Waals surface area contributed by atoms with E-state index in [9.17, 15) is 4.39 Å². The minimum atomic E-state index is -0.141. The van der Waals surface area contributed by atoms with E-state index in [1.807, 2.05) is 40.0 Å². The molecule has 4 heteroatoms. The Labute approximate surface area is 130 Å². The molecule has 1 atom stereocenters. The van der Waals surface area contributed by atoms with Crippen molar-refractivity contribution in [3.8, 4) is 0 Å². The van der Waals surface area contributed by atoms with E-state index in [1.165, 1.54) is 0 Å². The van der Waals surface area contributed by atoms with Gasteiger partial charge in [-0.3, -0.25) is 9.97 Å². The number of aryl methyl sites for hydroxylation is 1. The molecule has 0 N–H and O–H groups in total. The third kappa shape index (κ3) is 3.59. The Morgan fingerprint density at radius 3 is 2.52 bits per heavy atom. The van der Waals surface area contributed by atoms with Gasteiger partial charge in [0.15, 0.2) is 0 Å². The summed E-state index contributed by atoms with van der Waals surface area (Å²) >= 11 is 6.11. The quantitative estimate of drug-likeness (QED) is 0.790. The van der Waals surface area contributed by atoms with Crippen molar-refractivity contribution in [2.75, 3.05) is 0 Å². The van der Waals surface area contributed by atoms with Crippen LogP contribution < -0.4 is 0 Å². The molecule has 21 heavy (non-hydrogen) atoms. The average Bonchev–Trinajstić information content (AvgIpc) is 2.43. The second-order valence-corrected chi connectivity index (χ2v) is 6.20. The van der Waals surface area contributed by atoms with E-state index < -0.39 is 0 Å². The molecule has 0 saturated carbocycles. The highest BCUT2D eigenvalue weighted by molar-refractivity contribution is 6.31. The van der Waals surface area contributed by atoms with Crippen LogP contribution in [0.4, 0.5) is 4.39 Å². The molecule has 0 amide bonds. The van der Waals surface area contributed by atoms with Crippen LogP contribution in [0.15, 0.2) is 24.7 Å². The van der Waals surface area contributed by atoms with E-state index in [2.05, 4.69) is 9.97 Å². The molecule has 2 nitrogen and oxygen atoms in total. The number of pyridine rings is 2. The lowest BCUT2D eigenvalue weighted by Crippen LogP contribution is -2.05. The molecule has 0 fully saturated rings. The monoisotopic (exact) mass is 306 g/mol. The summed E-state index contributed by atoms with van der Waals surface area (Å²) in [6.45, 7) is 7.85. The third-order valence-electron chi connectivity index (χ3n) is 3.74. The first-order valence-corrected chi connectivity index (χ1v) is 7.52. The fourth-order valence-corrected chi connectivity index (χ4v) is 2.46. The summed E-state index contributed by atoms with van der Waals surface area (Å²) in [5, 5.41) is 0.647. The van der Waals surface area contributed by atoms with Gasteiger partial charge in [-0.1, -0.05) is 32.4 Å². The summed E-state index contributed by atoms with van der Waals surface area (Å²) < 4.78 is 14.5. The molecule has 0 aliphatic rings. The summed E-state index contributed by atoms with van der Waals surface area (Å²) in [5.74, 6) is 0.121. The van der Waals surface area contributed by atoms with Crippen LogP contribution >= 0.6 is 11.6 Å². The first-order valence-electron chi connectivity index (χ1n) is 7.14. The summed E-state index contributed by atoms with van der Waals surface area (Å²) in [6, 6.07) is 1.91. The van der Waals surface area contributed by atoms with Gasteiger partial charge in [-0.2, -0.15) is 0 Å². The molecule has 2 aromatic heterocycles. The molecule has 0 bridgehead atoms. The van der Waals surface area contributed by atoms with Gasteiger partial charge in [0.1, 0.15) is 5.82 Å². The van der Waals surface area contributed by atoms with Crippen LogP contribution in [0.25, 0.3) is 0 Å². The van der Waals surface area contributed by atoms with Gasteiger partial charge in [-0.25, -0.2) is 4.39 Å². The van der Waals surface area contributed by atoms with Gasteiger partial charge >= 0.3 is 0 Å². The fourth-order valence-electron chi connectivity index (χ4n) is 2.29. The molecular formula is C17H20ClFN2. The van der Waals surface area contributed by atoms with Crippen LogP contribution in [0, 0.1) is 12.7 Å². The molecular weight excluding hydrogens is 287 g/mol. The summed E-state index contributed by atoms with van der Waals surface area (Å²) in [7, 11) is 0. The largest absolute Gasteiger partial charge is 0.264 e. The Morgan fingerprint density at radius 2 is 1.90 bits per heavy atom. The minimum Gasteiger partial charge on any atom is -0.264 e. The van der Waals surface area contributed by atoms with Crippen molar-refractivity contribution in [3.63, 3.8) is 0 Å². The van der Waals surface area contributed by atoms with E-state index >= 15 is 0 Å².